The minimum absolute atomic E-state index is 0.529. The van der Waals surface area contributed by atoms with Gasteiger partial charge in [0, 0.05) is 5.56 Å². The van der Waals surface area contributed by atoms with Gasteiger partial charge in [-0.3, -0.25) is 0 Å². The van der Waals surface area contributed by atoms with E-state index >= 15 is 0 Å². The molecule has 0 radical (unpaired) electrons. The Kier molecular flexibility index (Phi) is 4.24. The minimum Gasteiger partial charge on any atom is -0.496 e. The molecule has 2 nitrogen and oxygen atoms in total. The summed E-state index contributed by atoms with van der Waals surface area (Å²) in [4.78, 5) is 0. The van der Waals surface area contributed by atoms with Crippen LogP contribution in [-0.4, -0.2) is 7.11 Å². The van der Waals surface area contributed by atoms with Crippen molar-refractivity contribution in [3.8, 4) is 11.5 Å². The summed E-state index contributed by atoms with van der Waals surface area (Å²) >= 11 is 0. The van der Waals surface area contributed by atoms with Crippen LogP contribution in [0.4, 0.5) is 0 Å². The first-order valence-corrected chi connectivity index (χ1v) is 6.17. The fourth-order valence-electron chi connectivity index (χ4n) is 1.91. The Bertz CT molecular complexity index is 458. The van der Waals surface area contributed by atoms with Gasteiger partial charge in [0.1, 0.15) is 18.1 Å². The summed E-state index contributed by atoms with van der Waals surface area (Å²) in [6, 6.07) is 16.1. The lowest BCUT2D eigenvalue weighted by Gasteiger charge is -2.12. The maximum absolute atomic E-state index is 5.88. The van der Waals surface area contributed by atoms with Crippen LogP contribution in [0.15, 0.2) is 48.5 Å². The third-order valence-corrected chi connectivity index (χ3v) is 2.93. The van der Waals surface area contributed by atoms with E-state index in [1.54, 1.807) is 7.11 Å². The van der Waals surface area contributed by atoms with E-state index in [9.17, 15) is 0 Å². The Morgan fingerprint density at radius 2 is 1.44 bits per heavy atom. The van der Waals surface area contributed by atoms with Crippen molar-refractivity contribution in [1.82, 2.24) is 0 Å². The van der Waals surface area contributed by atoms with Crippen molar-refractivity contribution in [3.63, 3.8) is 0 Å². The van der Waals surface area contributed by atoms with Gasteiger partial charge in [-0.25, -0.2) is 0 Å². The van der Waals surface area contributed by atoms with Crippen molar-refractivity contribution < 1.29 is 9.47 Å². The summed E-state index contributed by atoms with van der Waals surface area (Å²) in [5.41, 5.74) is 2.29. The topological polar surface area (TPSA) is 18.5 Å². The van der Waals surface area contributed by atoms with Gasteiger partial charge in [-0.2, -0.15) is 0 Å². The molecular weight excluding hydrogens is 224 g/mol. The molecule has 0 aromatic heterocycles. The summed E-state index contributed by atoms with van der Waals surface area (Å²) < 4.78 is 11.2. The summed E-state index contributed by atoms with van der Waals surface area (Å²) in [5, 5.41) is 0. The first kappa shape index (κ1) is 12.5. The molecular formula is C16H18O2. The molecule has 0 fully saturated rings. The Morgan fingerprint density at radius 3 is 2.11 bits per heavy atom. The van der Waals surface area contributed by atoms with Crippen LogP contribution in [-0.2, 0) is 13.0 Å². The fraction of sp³-hybridized carbons (Fsp3) is 0.250. The van der Waals surface area contributed by atoms with Crippen LogP contribution < -0.4 is 9.47 Å². The van der Waals surface area contributed by atoms with Gasteiger partial charge in [0.25, 0.3) is 0 Å². The van der Waals surface area contributed by atoms with Gasteiger partial charge in [0.05, 0.1) is 7.11 Å². The van der Waals surface area contributed by atoms with Crippen molar-refractivity contribution in [3.05, 3.63) is 59.7 Å². The predicted octanol–water partition coefficient (Wildman–Crippen LogP) is 3.84. The quantitative estimate of drug-likeness (QED) is 0.793. The number of ether oxygens (including phenoxy) is 2. The molecule has 0 bridgehead atoms. The molecule has 94 valence electrons. The van der Waals surface area contributed by atoms with Crippen LogP contribution in [0.1, 0.15) is 18.1 Å². The molecule has 0 aliphatic rings. The van der Waals surface area contributed by atoms with Gasteiger partial charge in [-0.1, -0.05) is 43.3 Å². The van der Waals surface area contributed by atoms with E-state index in [1.807, 2.05) is 42.5 Å². The van der Waals surface area contributed by atoms with E-state index in [0.29, 0.717) is 6.61 Å². The maximum Gasteiger partial charge on any atom is 0.125 e. The lowest BCUT2D eigenvalue weighted by molar-refractivity contribution is 0.294. The van der Waals surface area contributed by atoms with E-state index < -0.39 is 0 Å². The highest BCUT2D eigenvalue weighted by Gasteiger charge is 2.04. The van der Waals surface area contributed by atoms with Crippen LogP contribution in [0.3, 0.4) is 0 Å². The molecule has 0 aliphatic heterocycles. The van der Waals surface area contributed by atoms with Crippen molar-refractivity contribution >= 4 is 0 Å². The number of aryl methyl sites for hydroxylation is 1. The summed E-state index contributed by atoms with van der Waals surface area (Å²) in [7, 11) is 1.68. The summed E-state index contributed by atoms with van der Waals surface area (Å²) in [5.74, 6) is 1.82. The molecule has 0 atom stereocenters. The van der Waals surface area contributed by atoms with E-state index in [0.717, 1.165) is 23.5 Å². The Labute approximate surface area is 108 Å². The first-order valence-electron chi connectivity index (χ1n) is 6.17. The van der Waals surface area contributed by atoms with Crippen LogP contribution in [0.2, 0.25) is 0 Å². The van der Waals surface area contributed by atoms with Gasteiger partial charge < -0.3 is 9.47 Å². The molecule has 18 heavy (non-hydrogen) atoms. The van der Waals surface area contributed by atoms with Crippen molar-refractivity contribution in [2.24, 2.45) is 0 Å². The lowest BCUT2D eigenvalue weighted by atomic mass is 10.1. The molecule has 0 unspecified atom stereocenters. The Morgan fingerprint density at radius 1 is 0.833 bits per heavy atom. The second-order valence-corrected chi connectivity index (χ2v) is 4.06. The van der Waals surface area contributed by atoms with Gasteiger partial charge in [-0.05, 0) is 24.1 Å². The average Bonchev–Trinajstić information content (AvgIpc) is 2.45. The zero-order valence-corrected chi connectivity index (χ0v) is 10.8. The van der Waals surface area contributed by atoms with E-state index in [1.165, 1.54) is 5.56 Å². The third kappa shape index (κ3) is 2.83. The standard InChI is InChI=1S/C16H18O2/c1-3-13-8-4-7-11-16(13)18-12-14-9-5-6-10-15(14)17-2/h4-11H,3,12H2,1-2H3. The number of methoxy groups -OCH3 is 1. The average molecular weight is 242 g/mol. The molecule has 0 heterocycles. The largest absolute Gasteiger partial charge is 0.496 e. The second-order valence-electron chi connectivity index (χ2n) is 4.06. The molecule has 2 rings (SSSR count). The molecule has 2 aromatic rings. The molecule has 0 saturated heterocycles. The van der Waals surface area contributed by atoms with Gasteiger partial charge >= 0.3 is 0 Å². The monoisotopic (exact) mass is 242 g/mol. The first-order chi connectivity index (χ1) is 8.85. The smallest absolute Gasteiger partial charge is 0.125 e. The molecule has 0 spiro atoms. The normalized spacial score (nSPS) is 10.1. The molecule has 0 amide bonds. The van der Waals surface area contributed by atoms with Gasteiger partial charge in [0.2, 0.25) is 0 Å². The van der Waals surface area contributed by atoms with Gasteiger partial charge in [-0.15, -0.1) is 0 Å². The van der Waals surface area contributed by atoms with E-state index in [2.05, 4.69) is 13.0 Å². The molecule has 0 N–H and O–H groups in total. The number of benzene rings is 2. The lowest BCUT2D eigenvalue weighted by Crippen LogP contribution is -2.00. The van der Waals surface area contributed by atoms with Crippen molar-refractivity contribution in [2.45, 2.75) is 20.0 Å². The Hall–Kier alpha value is -1.96. The zero-order valence-electron chi connectivity index (χ0n) is 10.8. The van der Waals surface area contributed by atoms with Gasteiger partial charge in [0.15, 0.2) is 0 Å². The van der Waals surface area contributed by atoms with Crippen molar-refractivity contribution in [1.29, 1.82) is 0 Å². The highest BCUT2D eigenvalue weighted by Crippen LogP contribution is 2.23. The maximum atomic E-state index is 5.88. The van der Waals surface area contributed by atoms with E-state index in [-0.39, 0.29) is 0 Å². The Balaban J connectivity index is 2.11. The molecule has 2 heteroatoms. The predicted molar refractivity (Wildman–Crippen MR) is 73.1 cm³/mol. The van der Waals surface area contributed by atoms with Crippen LogP contribution in [0.5, 0.6) is 11.5 Å². The summed E-state index contributed by atoms with van der Waals surface area (Å²) in [6.45, 7) is 2.66. The number of para-hydroxylation sites is 2. The van der Waals surface area contributed by atoms with E-state index in [4.69, 9.17) is 9.47 Å². The highest BCUT2D eigenvalue weighted by molar-refractivity contribution is 5.36. The number of hydrogen-bond acceptors (Lipinski definition) is 2. The third-order valence-electron chi connectivity index (χ3n) is 2.93. The fourth-order valence-corrected chi connectivity index (χ4v) is 1.91. The van der Waals surface area contributed by atoms with Crippen LogP contribution in [0.25, 0.3) is 0 Å². The number of hydrogen-bond donors (Lipinski definition) is 0. The summed E-state index contributed by atoms with van der Waals surface area (Å²) in [6.07, 6.45) is 0.974. The van der Waals surface area contributed by atoms with Crippen molar-refractivity contribution in [2.75, 3.05) is 7.11 Å². The highest BCUT2D eigenvalue weighted by atomic mass is 16.5. The second kappa shape index (κ2) is 6.10. The minimum atomic E-state index is 0.529. The molecule has 0 aliphatic carbocycles. The SMILES string of the molecule is CCc1ccccc1OCc1ccccc1OC. The molecule has 0 saturated carbocycles. The van der Waals surface area contributed by atoms with Crippen LogP contribution in [0, 0.1) is 0 Å². The molecule has 2 aromatic carbocycles. The number of rotatable bonds is 5. The zero-order chi connectivity index (χ0) is 12.8. The van der Waals surface area contributed by atoms with Crippen LogP contribution >= 0.6 is 0 Å².